The van der Waals surface area contributed by atoms with E-state index in [-0.39, 0.29) is 19.1 Å². The maximum absolute atomic E-state index is 12.9. The second kappa shape index (κ2) is 48.3. The summed E-state index contributed by atoms with van der Waals surface area (Å²) in [6.45, 7) is 4.71. The molecule has 0 spiro atoms. The van der Waals surface area contributed by atoms with Crippen molar-refractivity contribution in [3.8, 4) is 0 Å². The van der Waals surface area contributed by atoms with Crippen LogP contribution in [0.25, 0.3) is 0 Å². The number of allylic oxidation sites excluding steroid dienone is 2. The van der Waals surface area contributed by atoms with Crippen molar-refractivity contribution < 1.29 is 32.9 Å². The quantitative estimate of drug-likeness (QED) is 0.0272. The van der Waals surface area contributed by atoms with Crippen molar-refractivity contribution in [2.24, 2.45) is 0 Å². The number of aliphatic hydroxyl groups is 1. The average molecular weight is 942 g/mol. The van der Waals surface area contributed by atoms with Crippen LogP contribution < -0.4 is 10.2 Å². The van der Waals surface area contributed by atoms with Gasteiger partial charge in [0.2, 0.25) is 5.91 Å². The Labute approximate surface area is 405 Å². The van der Waals surface area contributed by atoms with E-state index < -0.39 is 20.0 Å². The third-order valence-electron chi connectivity index (χ3n) is 13.3. The Balaban J connectivity index is 3.79. The van der Waals surface area contributed by atoms with Crippen LogP contribution in [0.1, 0.15) is 290 Å². The number of nitrogens with zero attached hydrogens (tertiary/aromatic N) is 1. The van der Waals surface area contributed by atoms with E-state index >= 15 is 0 Å². The van der Waals surface area contributed by atoms with Crippen LogP contribution in [0.4, 0.5) is 0 Å². The van der Waals surface area contributed by atoms with Crippen molar-refractivity contribution in [1.29, 1.82) is 0 Å². The third-order valence-corrected chi connectivity index (χ3v) is 14.2. The number of nitrogens with one attached hydrogen (secondary N) is 1. The second-order valence-electron chi connectivity index (χ2n) is 21.0. The Bertz CT molecular complexity index is 1070. The first-order chi connectivity index (χ1) is 31.5. The summed E-state index contributed by atoms with van der Waals surface area (Å²) in [6, 6.07) is -0.793. The Kier molecular flexibility index (Phi) is 47.7. The molecule has 0 aromatic carbocycles. The van der Waals surface area contributed by atoms with Crippen LogP contribution in [0.2, 0.25) is 0 Å². The Morgan fingerprint density at radius 1 is 0.523 bits per heavy atom. The van der Waals surface area contributed by atoms with E-state index in [1.807, 2.05) is 21.1 Å². The number of phosphoric acid groups is 1. The van der Waals surface area contributed by atoms with E-state index in [4.69, 9.17) is 9.05 Å². The fraction of sp³-hybridized carbons (Fsp3) is 0.946. The van der Waals surface area contributed by atoms with Gasteiger partial charge in [-0.25, -0.2) is 0 Å². The number of rotatable bonds is 53. The van der Waals surface area contributed by atoms with Gasteiger partial charge in [0.05, 0.1) is 39.9 Å². The van der Waals surface area contributed by atoms with Crippen LogP contribution in [-0.4, -0.2) is 68.5 Å². The number of hydrogen-bond donors (Lipinski definition) is 2. The molecule has 0 rings (SSSR count). The van der Waals surface area contributed by atoms with Gasteiger partial charge < -0.3 is 28.8 Å². The molecule has 0 radical (unpaired) electrons. The van der Waals surface area contributed by atoms with Crippen LogP contribution >= 0.6 is 7.82 Å². The van der Waals surface area contributed by atoms with Gasteiger partial charge in [0.1, 0.15) is 13.2 Å². The fourth-order valence-electron chi connectivity index (χ4n) is 8.74. The lowest BCUT2D eigenvalue weighted by molar-refractivity contribution is -0.870. The number of quaternary nitrogens is 1. The lowest BCUT2D eigenvalue weighted by Crippen LogP contribution is -2.46. The van der Waals surface area contributed by atoms with E-state index in [0.29, 0.717) is 23.9 Å². The van der Waals surface area contributed by atoms with Crippen molar-refractivity contribution in [2.75, 3.05) is 40.9 Å². The predicted molar refractivity (Wildman–Crippen MR) is 279 cm³/mol. The standard InChI is InChI=1S/C56H113N2O6P/c1-6-8-10-12-14-16-17-18-19-20-21-22-23-24-25-26-27-28-29-30-31-32-33-34-35-36-37-38-39-40-41-42-44-46-48-50-56(60)57-54(53-64-65(61,62)63-52-51-58(3,4)5)55(59)49-47-45-43-15-13-11-9-7-2/h20-21,54-55,59H,6-19,22-53H2,1-5H3,(H-,57,60,61,62)/b21-20-. The summed E-state index contributed by atoms with van der Waals surface area (Å²) in [5, 5.41) is 13.9. The molecule has 8 nitrogen and oxygen atoms in total. The SMILES string of the molecule is CCCCCCCCCC/C=C\CCCCCCCCCCCCCCCCCCCCCCCCCC(=O)NC(COP(=O)([O-])OCC[N+](C)(C)C)C(O)CCCCCCCCCC. The number of carbonyl (C=O) groups excluding carboxylic acids is 1. The molecule has 0 saturated heterocycles. The van der Waals surface area contributed by atoms with Gasteiger partial charge in [-0.05, 0) is 38.5 Å². The lowest BCUT2D eigenvalue weighted by Gasteiger charge is -2.30. The van der Waals surface area contributed by atoms with Crippen molar-refractivity contribution in [3.63, 3.8) is 0 Å². The van der Waals surface area contributed by atoms with Crippen molar-refractivity contribution in [3.05, 3.63) is 12.2 Å². The molecule has 0 aliphatic heterocycles. The predicted octanol–water partition coefficient (Wildman–Crippen LogP) is 16.4. The van der Waals surface area contributed by atoms with Crippen LogP contribution in [0.15, 0.2) is 12.2 Å². The Morgan fingerprint density at radius 2 is 0.846 bits per heavy atom. The molecule has 0 heterocycles. The van der Waals surface area contributed by atoms with Crippen molar-refractivity contribution in [2.45, 2.75) is 302 Å². The zero-order valence-electron chi connectivity index (χ0n) is 44.2. The van der Waals surface area contributed by atoms with Gasteiger partial charge in [0.15, 0.2) is 0 Å². The molecule has 0 aliphatic rings. The van der Waals surface area contributed by atoms with Gasteiger partial charge in [0, 0.05) is 6.42 Å². The number of likely N-dealkylation sites (N-methyl/N-ethyl adjacent to an activating group) is 1. The fourth-order valence-corrected chi connectivity index (χ4v) is 9.47. The molecule has 3 atom stereocenters. The van der Waals surface area contributed by atoms with Gasteiger partial charge >= 0.3 is 0 Å². The first-order valence-corrected chi connectivity index (χ1v) is 30.0. The first kappa shape index (κ1) is 64.2. The molecular weight excluding hydrogens is 828 g/mol. The molecule has 65 heavy (non-hydrogen) atoms. The van der Waals surface area contributed by atoms with Crippen molar-refractivity contribution in [1.82, 2.24) is 5.32 Å². The summed E-state index contributed by atoms with van der Waals surface area (Å²) in [4.78, 5) is 25.3. The average Bonchev–Trinajstić information content (AvgIpc) is 3.26. The number of phosphoric ester groups is 1. The molecule has 9 heteroatoms. The highest BCUT2D eigenvalue weighted by atomic mass is 31.2. The van der Waals surface area contributed by atoms with Gasteiger partial charge in [-0.1, -0.05) is 257 Å². The van der Waals surface area contributed by atoms with Gasteiger partial charge in [-0.15, -0.1) is 0 Å². The molecule has 0 aliphatic carbocycles. The highest BCUT2D eigenvalue weighted by Gasteiger charge is 2.24. The summed E-state index contributed by atoms with van der Waals surface area (Å²) in [5.74, 6) is -0.162. The smallest absolute Gasteiger partial charge is 0.268 e. The zero-order valence-corrected chi connectivity index (χ0v) is 45.1. The van der Waals surface area contributed by atoms with Crippen LogP contribution in [0.3, 0.4) is 0 Å². The molecule has 0 aromatic heterocycles. The Hall–Kier alpha value is -0.760. The number of unbranched alkanes of at least 4 members (excludes halogenated alkanes) is 38. The minimum absolute atomic E-state index is 0.0149. The zero-order chi connectivity index (χ0) is 47.8. The molecule has 0 fully saturated rings. The summed E-state index contributed by atoms with van der Waals surface area (Å²) in [7, 11) is 1.32. The van der Waals surface area contributed by atoms with E-state index in [2.05, 4.69) is 31.3 Å². The summed E-state index contributed by atoms with van der Waals surface area (Å²) < 4.78 is 23.3. The van der Waals surface area contributed by atoms with Gasteiger partial charge in [-0.3, -0.25) is 9.36 Å². The molecule has 2 N–H and O–H groups in total. The van der Waals surface area contributed by atoms with Crippen LogP contribution in [0, 0.1) is 0 Å². The molecule has 0 aromatic rings. The second-order valence-corrected chi connectivity index (χ2v) is 22.4. The molecular formula is C56H113N2O6P. The maximum atomic E-state index is 12.9. The minimum Gasteiger partial charge on any atom is -0.756 e. The Morgan fingerprint density at radius 3 is 1.20 bits per heavy atom. The highest BCUT2D eigenvalue weighted by Crippen LogP contribution is 2.38. The summed E-state index contributed by atoms with van der Waals surface area (Å²) in [6.07, 6.45) is 58.6. The van der Waals surface area contributed by atoms with Crippen LogP contribution in [0.5, 0.6) is 0 Å². The van der Waals surface area contributed by atoms with Gasteiger partial charge in [-0.2, -0.15) is 0 Å². The number of aliphatic hydroxyl groups excluding tert-OH is 1. The first-order valence-electron chi connectivity index (χ1n) is 28.5. The molecule has 0 saturated carbocycles. The van der Waals surface area contributed by atoms with E-state index in [9.17, 15) is 19.4 Å². The largest absolute Gasteiger partial charge is 0.756 e. The molecule has 3 unspecified atom stereocenters. The van der Waals surface area contributed by atoms with E-state index in [0.717, 1.165) is 38.5 Å². The highest BCUT2D eigenvalue weighted by molar-refractivity contribution is 7.45. The minimum atomic E-state index is -4.56. The monoisotopic (exact) mass is 941 g/mol. The maximum Gasteiger partial charge on any atom is 0.268 e. The number of carbonyl (C=O) groups is 1. The van der Waals surface area contributed by atoms with E-state index in [1.54, 1.807) is 0 Å². The normalized spacial score (nSPS) is 14.0. The van der Waals surface area contributed by atoms with E-state index in [1.165, 1.54) is 225 Å². The van der Waals surface area contributed by atoms with Gasteiger partial charge in [0.25, 0.3) is 7.82 Å². The third kappa shape index (κ3) is 50.9. The number of amides is 1. The van der Waals surface area contributed by atoms with Crippen LogP contribution in [-0.2, 0) is 18.4 Å². The van der Waals surface area contributed by atoms with Crippen molar-refractivity contribution >= 4 is 13.7 Å². The molecule has 1 amide bonds. The lowest BCUT2D eigenvalue weighted by atomic mass is 10.0. The number of hydrogen-bond acceptors (Lipinski definition) is 6. The topological polar surface area (TPSA) is 108 Å². The molecule has 0 bridgehead atoms. The molecule has 388 valence electrons. The summed E-state index contributed by atoms with van der Waals surface area (Å²) >= 11 is 0. The summed E-state index contributed by atoms with van der Waals surface area (Å²) in [5.41, 5.74) is 0.